The minimum Gasteiger partial charge on any atom is -0.326 e. The van der Waals surface area contributed by atoms with E-state index in [9.17, 15) is 9.59 Å². The molecule has 1 aromatic carbocycles. The Morgan fingerprint density at radius 2 is 2.00 bits per heavy atom. The van der Waals surface area contributed by atoms with Crippen molar-refractivity contribution in [2.24, 2.45) is 0 Å². The number of rotatable bonds is 3. The van der Waals surface area contributed by atoms with Crippen molar-refractivity contribution >= 4 is 27.5 Å². The second kappa shape index (κ2) is 5.84. The van der Waals surface area contributed by atoms with E-state index in [1.54, 1.807) is 16.8 Å². The van der Waals surface area contributed by atoms with Gasteiger partial charge in [-0.2, -0.15) is 0 Å². The molecule has 0 spiro atoms. The maximum Gasteiger partial charge on any atom is 0.250 e. The van der Waals surface area contributed by atoms with Gasteiger partial charge in [-0.3, -0.25) is 9.59 Å². The van der Waals surface area contributed by atoms with Crippen LogP contribution in [0.5, 0.6) is 0 Å². The smallest absolute Gasteiger partial charge is 0.250 e. The Hall–Kier alpha value is -1.88. The highest BCUT2D eigenvalue weighted by atomic mass is 79.9. The summed E-state index contributed by atoms with van der Waals surface area (Å²) in [5.74, 6) is -0.131. The van der Waals surface area contributed by atoms with Crippen LogP contribution >= 0.6 is 15.9 Å². The van der Waals surface area contributed by atoms with E-state index in [4.69, 9.17) is 0 Å². The van der Waals surface area contributed by atoms with Crippen LogP contribution in [0.3, 0.4) is 0 Å². The number of nitrogens with one attached hydrogen (secondary N) is 1. The summed E-state index contributed by atoms with van der Waals surface area (Å²) in [7, 11) is 0. The van der Waals surface area contributed by atoms with Crippen molar-refractivity contribution in [2.45, 2.75) is 13.5 Å². The van der Waals surface area contributed by atoms with E-state index in [-0.39, 0.29) is 11.5 Å². The molecule has 4 nitrogen and oxygen atoms in total. The summed E-state index contributed by atoms with van der Waals surface area (Å²) in [5, 5.41) is 2.76. The second-order valence-corrected chi connectivity index (χ2v) is 5.07. The van der Waals surface area contributed by atoms with Crippen LogP contribution in [0.25, 0.3) is 0 Å². The van der Waals surface area contributed by atoms with Gasteiger partial charge in [-0.05, 0) is 33.6 Å². The van der Waals surface area contributed by atoms with Crippen molar-refractivity contribution < 1.29 is 4.79 Å². The molecule has 0 aliphatic rings. The molecule has 0 unspecified atom stereocenters. The number of nitrogens with zero attached hydrogens (tertiary/aromatic N) is 1. The second-order valence-electron chi connectivity index (χ2n) is 4.15. The van der Waals surface area contributed by atoms with Gasteiger partial charge in [0.15, 0.2) is 0 Å². The van der Waals surface area contributed by atoms with Crippen molar-refractivity contribution in [3.05, 3.63) is 63.0 Å². The van der Waals surface area contributed by atoms with Crippen LogP contribution in [0.4, 0.5) is 5.69 Å². The molecule has 0 fully saturated rings. The molecular weight excluding hydrogens is 308 g/mol. The lowest BCUT2D eigenvalue weighted by atomic mass is 10.1. The molecule has 1 N–H and O–H groups in total. The number of pyridine rings is 1. The number of carbonyl (C=O) groups excluding carboxylic acids is 1. The lowest BCUT2D eigenvalue weighted by Gasteiger charge is -2.11. The SMILES string of the molecule is CC(=O)Nc1ccccc1Cn1cc(Br)ccc1=O. The third-order valence-electron chi connectivity index (χ3n) is 2.62. The van der Waals surface area contributed by atoms with Crippen molar-refractivity contribution in [1.29, 1.82) is 0 Å². The molecule has 0 bridgehead atoms. The van der Waals surface area contributed by atoms with Crippen LogP contribution in [-0.4, -0.2) is 10.5 Å². The molecule has 19 heavy (non-hydrogen) atoms. The van der Waals surface area contributed by atoms with E-state index in [0.717, 1.165) is 15.7 Å². The molecule has 0 aliphatic heterocycles. The molecule has 2 rings (SSSR count). The number of hydrogen-bond donors (Lipinski definition) is 1. The average Bonchev–Trinajstić information content (AvgIpc) is 2.35. The highest BCUT2D eigenvalue weighted by Gasteiger charge is 2.05. The number of anilines is 1. The fourth-order valence-electron chi connectivity index (χ4n) is 1.78. The first kappa shape index (κ1) is 13.5. The monoisotopic (exact) mass is 320 g/mol. The summed E-state index contributed by atoms with van der Waals surface area (Å²) in [6, 6.07) is 10.6. The Labute approximate surface area is 119 Å². The normalized spacial score (nSPS) is 10.2. The average molecular weight is 321 g/mol. The predicted molar refractivity (Wildman–Crippen MR) is 78.2 cm³/mol. The molecule has 98 valence electrons. The summed E-state index contributed by atoms with van der Waals surface area (Å²) in [5.41, 5.74) is 1.53. The molecule has 1 amide bonds. The standard InChI is InChI=1S/C14H13BrN2O2/c1-10(18)16-13-5-3-2-4-11(13)8-17-9-12(15)6-7-14(17)19/h2-7,9H,8H2,1H3,(H,16,18). The van der Waals surface area contributed by atoms with Crippen LogP contribution in [0.15, 0.2) is 51.9 Å². The summed E-state index contributed by atoms with van der Waals surface area (Å²) >= 11 is 3.34. The first-order valence-corrected chi connectivity index (χ1v) is 6.57. The number of aromatic nitrogens is 1. The Kier molecular flexibility index (Phi) is 4.16. The third-order valence-corrected chi connectivity index (χ3v) is 3.09. The van der Waals surface area contributed by atoms with Gasteiger partial charge in [-0.15, -0.1) is 0 Å². The number of halogens is 1. The maximum absolute atomic E-state index is 11.8. The van der Waals surface area contributed by atoms with Gasteiger partial charge in [0.05, 0.1) is 6.54 Å². The molecule has 0 aliphatic carbocycles. The van der Waals surface area contributed by atoms with Crippen molar-refractivity contribution in [3.63, 3.8) is 0 Å². The van der Waals surface area contributed by atoms with Crippen LogP contribution < -0.4 is 10.9 Å². The van der Waals surface area contributed by atoms with Gasteiger partial charge < -0.3 is 9.88 Å². The zero-order chi connectivity index (χ0) is 13.8. The number of carbonyl (C=O) groups is 1. The lowest BCUT2D eigenvalue weighted by Crippen LogP contribution is -2.20. The van der Waals surface area contributed by atoms with E-state index in [0.29, 0.717) is 6.54 Å². The fourth-order valence-corrected chi connectivity index (χ4v) is 2.16. The van der Waals surface area contributed by atoms with E-state index >= 15 is 0 Å². The third kappa shape index (κ3) is 3.54. The summed E-state index contributed by atoms with van der Waals surface area (Å²) in [4.78, 5) is 22.9. The molecule has 0 saturated heterocycles. The van der Waals surface area contributed by atoms with Crippen LogP contribution in [0.1, 0.15) is 12.5 Å². The predicted octanol–water partition coefficient (Wildman–Crippen LogP) is 2.62. The fraction of sp³-hybridized carbons (Fsp3) is 0.143. The number of amides is 1. The van der Waals surface area contributed by atoms with Crippen molar-refractivity contribution in [3.8, 4) is 0 Å². The number of hydrogen-bond acceptors (Lipinski definition) is 2. The lowest BCUT2D eigenvalue weighted by molar-refractivity contribution is -0.114. The van der Waals surface area contributed by atoms with Crippen molar-refractivity contribution in [2.75, 3.05) is 5.32 Å². The molecule has 0 saturated carbocycles. The van der Waals surface area contributed by atoms with Gasteiger partial charge in [0, 0.05) is 29.3 Å². The van der Waals surface area contributed by atoms with Gasteiger partial charge >= 0.3 is 0 Å². The van der Waals surface area contributed by atoms with Gasteiger partial charge in [0.1, 0.15) is 0 Å². The molecule has 1 heterocycles. The summed E-state index contributed by atoms with van der Waals surface area (Å²) in [6.07, 6.45) is 1.73. The Balaban J connectivity index is 2.35. The largest absolute Gasteiger partial charge is 0.326 e. The maximum atomic E-state index is 11.8. The van der Waals surface area contributed by atoms with E-state index in [2.05, 4.69) is 21.2 Å². The Morgan fingerprint density at radius 1 is 1.26 bits per heavy atom. The minimum absolute atomic E-state index is 0.0826. The Morgan fingerprint density at radius 3 is 2.74 bits per heavy atom. The molecule has 5 heteroatoms. The summed E-state index contributed by atoms with van der Waals surface area (Å²) < 4.78 is 2.43. The van der Waals surface area contributed by atoms with Crippen LogP contribution in [-0.2, 0) is 11.3 Å². The molecular formula is C14H13BrN2O2. The first-order chi connectivity index (χ1) is 9.06. The summed E-state index contributed by atoms with van der Waals surface area (Å²) in [6.45, 7) is 1.87. The number of para-hydroxylation sites is 1. The highest BCUT2D eigenvalue weighted by Crippen LogP contribution is 2.16. The van der Waals surface area contributed by atoms with Crippen molar-refractivity contribution in [1.82, 2.24) is 4.57 Å². The molecule has 1 aromatic heterocycles. The van der Waals surface area contributed by atoms with Gasteiger partial charge in [0.2, 0.25) is 5.91 Å². The minimum atomic E-state index is -0.131. The molecule has 0 radical (unpaired) electrons. The van der Waals surface area contributed by atoms with E-state index in [1.165, 1.54) is 13.0 Å². The van der Waals surface area contributed by atoms with E-state index in [1.807, 2.05) is 24.3 Å². The number of benzene rings is 1. The Bertz CT molecular complexity index is 664. The molecule has 0 atom stereocenters. The van der Waals surface area contributed by atoms with Gasteiger partial charge in [-0.25, -0.2) is 0 Å². The first-order valence-electron chi connectivity index (χ1n) is 5.78. The van der Waals surface area contributed by atoms with E-state index < -0.39 is 0 Å². The molecule has 2 aromatic rings. The quantitative estimate of drug-likeness (QED) is 0.945. The zero-order valence-corrected chi connectivity index (χ0v) is 12.0. The van der Waals surface area contributed by atoms with Crippen LogP contribution in [0, 0.1) is 0 Å². The topological polar surface area (TPSA) is 51.1 Å². The van der Waals surface area contributed by atoms with Gasteiger partial charge in [-0.1, -0.05) is 18.2 Å². The zero-order valence-electron chi connectivity index (χ0n) is 10.4. The van der Waals surface area contributed by atoms with Crippen LogP contribution in [0.2, 0.25) is 0 Å². The highest BCUT2D eigenvalue weighted by molar-refractivity contribution is 9.10. The van der Waals surface area contributed by atoms with Gasteiger partial charge in [0.25, 0.3) is 5.56 Å².